The van der Waals surface area contributed by atoms with Crippen molar-refractivity contribution in [2.24, 2.45) is 4.99 Å². The Morgan fingerprint density at radius 3 is 2.84 bits per heavy atom. The number of pyridine rings is 1. The maximum absolute atomic E-state index is 6.18. The summed E-state index contributed by atoms with van der Waals surface area (Å²) < 4.78 is 2.02. The highest BCUT2D eigenvalue weighted by Gasteiger charge is 2.04. The first-order chi connectivity index (χ1) is 12.2. The molecule has 0 unspecified atom stereocenters. The van der Waals surface area contributed by atoms with Gasteiger partial charge in [0.15, 0.2) is 5.96 Å². The third kappa shape index (κ3) is 4.65. The fourth-order valence-corrected chi connectivity index (χ4v) is 2.96. The highest BCUT2D eigenvalue weighted by Crippen LogP contribution is 2.20. The van der Waals surface area contributed by atoms with Crippen molar-refractivity contribution in [1.82, 2.24) is 20.0 Å². The molecule has 0 fully saturated rings. The minimum absolute atomic E-state index is 0.573. The maximum Gasteiger partial charge on any atom is 0.191 e. The van der Waals surface area contributed by atoms with E-state index in [0.29, 0.717) is 16.6 Å². The van der Waals surface area contributed by atoms with Gasteiger partial charge in [0.25, 0.3) is 0 Å². The molecule has 7 heteroatoms. The van der Waals surface area contributed by atoms with E-state index < -0.39 is 0 Å². The van der Waals surface area contributed by atoms with Crippen LogP contribution >= 0.6 is 23.2 Å². The zero-order chi connectivity index (χ0) is 17.6. The van der Waals surface area contributed by atoms with E-state index in [9.17, 15) is 0 Å². The molecule has 130 valence electrons. The number of hydrogen-bond donors (Lipinski definition) is 2. The van der Waals surface area contributed by atoms with E-state index in [1.54, 1.807) is 13.1 Å². The van der Waals surface area contributed by atoms with Crippen molar-refractivity contribution in [2.45, 2.75) is 13.0 Å². The third-order valence-electron chi connectivity index (χ3n) is 3.77. The van der Waals surface area contributed by atoms with E-state index in [1.165, 1.54) is 0 Å². The fraction of sp³-hybridized carbons (Fsp3) is 0.222. The second-order valence-electron chi connectivity index (χ2n) is 5.54. The van der Waals surface area contributed by atoms with Crippen molar-refractivity contribution in [3.63, 3.8) is 0 Å². The van der Waals surface area contributed by atoms with E-state index in [0.717, 1.165) is 35.8 Å². The molecule has 0 spiro atoms. The van der Waals surface area contributed by atoms with Gasteiger partial charge in [-0.3, -0.25) is 4.99 Å². The summed E-state index contributed by atoms with van der Waals surface area (Å²) in [6, 6.07) is 11.4. The minimum Gasteiger partial charge on any atom is -0.356 e. The van der Waals surface area contributed by atoms with Gasteiger partial charge in [0.2, 0.25) is 0 Å². The number of benzene rings is 1. The van der Waals surface area contributed by atoms with Gasteiger partial charge in [-0.2, -0.15) is 0 Å². The molecule has 3 rings (SSSR count). The molecule has 0 aliphatic rings. The van der Waals surface area contributed by atoms with Crippen LogP contribution in [0.4, 0.5) is 0 Å². The quantitative estimate of drug-likeness (QED) is 0.529. The molecule has 25 heavy (non-hydrogen) atoms. The van der Waals surface area contributed by atoms with Crippen LogP contribution in [0.15, 0.2) is 53.8 Å². The zero-order valence-corrected chi connectivity index (χ0v) is 15.3. The van der Waals surface area contributed by atoms with E-state index in [4.69, 9.17) is 23.2 Å². The molecule has 5 nitrogen and oxygen atoms in total. The highest BCUT2D eigenvalue weighted by molar-refractivity contribution is 6.35. The third-order valence-corrected chi connectivity index (χ3v) is 4.36. The molecule has 3 aromatic rings. The summed E-state index contributed by atoms with van der Waals surface area (Å²) in [5.41, 5.74) is 2.96. The standard InChI is InChI=1S/C18H19Cl2N5/c1-21-18(23-11-13-5-6-14(19)10-16(13)20)22-8-7-15-12-25-9-3-2-4-17(25)24-15/h2-6,9-10,12H,7-8,11H2,1H3,(H2,21,22,23). The van der Waals surface area contributed by atoms with Crippen molar-refractivity contribution in [3.8, 4) is 0 Å². The summed E-state index contributed by atoms with van der Waals surface area (Å²) >= 11 is 12.1. The first-order valence-electron chi connectivity index (χ1n) is 7.97. The number of nitrogens with one attached hydrogen (secondary N) is 2. The first kappa shape index (κ1) is 17.6. The monoisotopic (exact) mass is 375 g/mol. The van der Waals surface area contributed by atoms with Crippen molar-refractivity contribution in [3.05, 3.63) is 70.1 Å². The lowest BCUT2D eigenvalue weighted by molar-refractivity contribution is 0.787. The van der Waals surface area contributed by atoms with Gasteiger partial charge in [0, 0.05) is 49.0 Å². The molecule has 1 aromatic carbocycles. The summed E-state index contributed by atoms with van der Waals surface area (Å²) in [4.78, 5) is 8.81. The second-order valence-corrected chi connectivity index (χ2v) is 6.38. The topological polar surface area (TPSA) is 53.7 Å². The van der Waals surface area contributed by atoms with Gasteiger partial charge in [0.05, 0.1) is 5.69 Å². The molecular formula is C18H19Cl2N5. The summed E-state index contributed by atoms with van der Waals surface area (Å²) in [6.07, 6.45) is 4.85. The second kappa shape index (κ2) is 8.23. The fourth-order valence-electron chi connectivity index (χ4n) is 2.48. The highest BCUT2D eigenvalue weighted by atomic mass is 35.5. The molecule has 2 N–H and O–H groups in total. The lowest BCUT2D eigenvalue weighted by Gasteiger charge is -2.12. The predicted molar refractivity (Wildman–Crippen MR) is 104 cm³/mol. The summed E-state index contributed by atoms with van der Waals surface area (Å²) in [5.74, 6) is 0.717. The van der Waals surface area contributed by atoms with Gasteiger partial charge in [0.1, 0.15) is 5.65 Å². The van der Waals surface area contributed by atoms with E-state index in [-0.39, 0.29) is 0 Å². The van der Waals surface area contributed by atoms with Crippen LogP contribution in [-0.4, -0.2) is 28.9 Å². The van der Waals surface area contributed by atoms with Crippen molar-refractivity contribution in [1.29, 1.82) is 0 Å². The molecule has 2 heterocycles. The molecule has 0 amide bonds. The van der Waals surface area contributed by atoms with Crippen LogP contribution < -0.4 is 10.6 Å². The molecule has 0 radical (unpaired) electrons. The lowest BCUT2D eigenvalue weighted by atomic mass is 10.2. The lowest BCUT2D eigenvalue weighted by Crippen LogP contribution is -2.37. The largest absolute Gasteiger partial charge is 0.356 e. The first-order valence-corrected chi connectivity index (χ1v) is 8.72. The van der Waals surface area contributed by atoms with Gasteiger partial charge in [-0.25, -0.2) is 4.98 Å². The van der Waals surface area contributed by atoms with Crippen LogP contribution in [0.5, 0.6) is 0 Å². The number of aliphatic imine (C=N–C) groups is 1. The van der Waals surface area contributed by atoms with Gasteiger partial charge < -0.3 is 15.0 Å². The van der Waals surface area contributed by atoms with Crippen molar-refractivity contribution >= 4 is 34.8 Å². The van der Waals surface area contributed by atoms with E-state index in [1.807, 2.05) is 47.1 Å². The number of hydrogen-bond acceptors (Lipinski definition) is 2. The van der Waals surface area contributed by atoms with E-state index in [2.05, 4.69) is 20.6 Å². The van der Waals surface area contributed by atoms with Crippen LogP contribution in [0.1, 0.15) is 11.3 Å². The number of rotatable bonds is 5. The van der Waals surface area contributed by atoms with Crippen LogP contribution in [0.3, 0.4) is 0 Å². The van der Waals surface area contributed by atoms with Crippen LogP contribution in [0.25, 0.3) is 5.65 Å². The molecule has 0 saturated carbocycles. The van der Waals surface area contributed by atoms with Gasteiger partial charge in [-0.1, -0.05) is 35.3 Å². The smallest absolute Gasteiger partial charge is 0.191 e. The molecule has 0 bridgehead atoms. The Kier molecular flexibility index (Phi) is 5.79. The number of guanidine groups is 1. The van der Waals surface area contributed by atoms with Crippen LogP contribution in [0.2, 0.25) is 10.0 Å². The van der Waals surface area contributed by atoms with Crippen molar-refractivity contribution in [2.75, 3.05) is 13.6 Å². The Bertz CT molecular complexity index is 855. The van der Waals surface area contributed by atoms with Gasteiger partial charge in [-0.15, -0.1) is 0 Å². The minimum atomic E-state index is 0.573. The summed E-state index contributed by atoms with van der Waals surface area (Å²) in [6.45, 7) is 1.31. The molecule has 0 saturated heterocycles. The molecule has 0 aliphatic heterocycles. The number of fused-ring (bicyclic) bond motifs is 1. The Morgan fingerprint density at radius 2 is 2.08 bits per heavy atom. The van der Waals surface area contributed by atoms with Gasteiger partial charge >= 0.3 is 0 Å². The molecule has 0 aliphatic carbocycles. The average molecular weight is 376 g/mol. The van der Waals surface area contributed by atoms with Gasteiger partial charge in [-0.05, 0) is 29.8 Å². The Labute approximate surface area is 156 Å². The van der Waals surface area contributed by atoms with Crippen LogP contribution in [0, 0.1) is 0 Å². The normalized spacial score (nSPS) is 11.7. The molecule has 0 atom stereocenters. The Morgan fingerprint density at radius 1 is 1.20 bits per heavy atom. The zero-order valence-electron chi connectivity index (χ0n) is 13.8. The Balaban J connectivity index is 1.50. The molecule has 2 aromatic heterocycles. The Hall–Kier alpha value is -2.24. The maximum atomic E-state index is 6.18. The number of imidazole rings is 1. The predicted octanol–water partition coefficient (Wildman–Crippen LogP) is 3.55. The number of nitrogens with zero attached hydrogens (tertiary/aromatic N) is 3. The number of aromatic nitrogens is 2. The van der Waals surface area contributed by atoms with Crippen molar-refractivity contribution < 1.29 is 0 Å². The molecular weight excluding hydrogens is 357 g/mol. The SMILES string of the molecule is CN=C(NCCc1cn2ccccc2n1)NCc1ccc(Cl)cc1Cl. The summed E-state index contributed by atoms with van der Waals surface area (Å²) in [7, 11) is 1.74. The average Bonchev–Trinajstić information content (AvgIpc) is 3.02. The van der Waals surface area contributed by atoms with Crippen LogP contribution in [-0.2, 0) is 13.0 Å². The summed E-state index contributed by atoms with van der Waals surface area (Å²) in [5, 5.41) is 7.80. The number of halogens is 2. The van der Waals surface area contributed by atoms with E-state index >= 15 is 0 Å².